The number of hydrogen-bond donors (Lipinski definition) is 3. The predicted octanol–water partition coefficient (Wildman–Crippen LogP) is 4.97. The average Bonchev–Trinajstić information content (AvgIpc) is 3.77. The van der Waals surface area contributed by atoms with Crippen LogP contribution in [0.3, 0.4) is 0 Å². The van der Waals surface area contributed by atoms with Crippen LogP contribution in [0.1, 0.15) is 12.8 Å². The first kappa shape index (κ1) is 25.5. The molecule has 3 amide bonds. The summed E-state index contributed by atoms with van der Waals surface area (Å²) in [7, 11) is 3.08. The molecule has 1 aromatic heterocycles. The van der Waals surface area contributed by atoms with E-state index in [4.69, 9.17) is 14.2 Å². The molecule has 0 spiro atoms. The molecule has 0 unspecified atom stereocenters. The molecule has 0 bridgehead atoms. The van der Waals surface area contributed by atoms with Crippen LogP contribution in [-0.2, 0) is 14.4 Å². The van der Waals surface area contributed by atoms with E-state index in [1.165, 1.54) is 7.11 Å². The van der Waals surface area contributed by atoms with Crippen molar-refractivity contribution >= 4 is 46.2 Å². The number of anilines is 3. The molecule has 198 valence electrons. The molecule has 1 fully saturated rings. The van der Waals surface area contributed by atoms with Gasteiger partial charge in [-0.25, -0.2) is 0 Å². The molecule has 1 heterocycles. The van der Waals surface area contributed by atoms with Gasteiger partial charge in [-0.1, -0.05) is 0 Å². The lowest BCUT2D eigenvalue weighted by atomic mass is 10.0. The Labute approximate surface area is 224 Å². The minimum atomic E-state index is -1.10. The first-order valence-electron chi connectivity index (χ1n) is 12.2. The molecule has 4 aromatic rings. The van der Waals surface area contributed by atoms with Crippen molar-refractivity contribution in [1.82, 2.24) is 4.98 Å². The molecule has 5 rings (SSSR count). The van der Waals surface area contributed by atoms with Crippen molar-refractivity contribution in [2.75, 3.05) is 30.2 Å². The minimum Gasteiger partial charge on any atom is -0.497 e. The molecule has 39 heavy (non-hydrogen) atoms. The Bertz CT molecular complexity index is 1530. The van der Waals surface area contributed by atoms with Gasteiger partial charge in [0.05, 0.1) is 25.4 Å². The summed E-state index contributed by atoms with van der Waals surface area (Å²) in [5, 5.41) is 8.96. The monoisotopic (exact) mass is 526 g/mol. The molecule has 10 heteroatoms. The SMILES string of the molecule is COc1ccc(NC(=O)C2(C(=O)Nc3ccc(Oc4ccnc5cc(OC)c(NC=O)cc45)cc3)CC2)cc1. The Morgan fingerprint density at radius 3 is 1.97 bits per heavy atom. The van der Waals surface area contributed by atoms with E-state index in [9.17, 15) is 14.4 Å². The summed E-state index contributed by atoms with van der Waals surface area (Å²) in [6, 6.07) is 18.9. The van der Waals surface area contributed by atoms with Crippen LogP contribution >= 0.6 is 0 Å². The molecule has 0 atom stereocenters. The van der Waals surface area contributed by atoms with Gasteiger partial charge >= 0.3 is 0 Å². The van der Waals surface area contributed by atoms with E-state index in [1.807, 2.05) is 0 Å². The van der Waals surface area contributed by atoms with E-state index in [2.05, 4.69) is 20.9 Å². The molecule has 0 radical (unpaired) electrons. The van der Waals surface area contributed by atoms with E-state index < -0.39 is 5.41 Å². The molecule has 3 aromatic carbocycles. The maximum atomic E-state index is 13.0. The number of benzene rings is 3. The Hall–Kier alpha value is -5.12. The van der Waals surface area contributed by atoms with Crippen molar-refractivity contribution < 1.29 is 28.6 Å². The number of ether oxygens (including phenoxy) is 3. The number of carbonyl (C=O) groups is 3. The lowest BCUT2D eigenvalue weighted by Crippen LogP contribution is -2.35. The van der Waals surface area contributed by atoms with Gasteiger partial charge in [-0.15, -0.1) is 0 Å². The fraction of sp³-hybridized carbons (Fsp3) is 0.172. The molecule has 10 nitrogen and oxygen atoms in total. The van der Waals surface area contributed by atoms with Crippen LogP contribution in [0.2, 0.25) is 0 Å². The lowest BCUT2D eigenvalue weighted by Gasteiger charge is -2.16. The third kappa shape index (κ3) is 5.30. The highest BCUT2D eigenvalue weighted by Gasteiger charge is 2.56. The van der Waals surface area contributed by atoms with E-state index in [-0.39, 0.29) is 11.8 Å². The van der Waals surface area contributed by atoms with Crippen LogP contribution in [0, 0.1) is 5.41 Å². The first-order valence-corrected chi connectivity index (χ1v) is 12.2. The number of amides is 3. The number of methoxy groups -OCH3 is 2. The van der Waals surface area contributed by atoms with Gasteiger partial charge in [0.25, 0.3) is 0 Å². The van der Waals surface area contributed by atoms with Crippen molar-refractivity contribution in [1.29, 1.82) is 0 Å². The van der Waals surface area contributed by atoms with Gasteiger partial charge < -0.3 is 30.2 Å². The van der Waals surface area contributed by atoms with Crippen LogP contribution in [0.4, 0.5) is 17.1 Å². The Morgan fingerprint density at radius 1 is 0.821 bits per heavy atom. The Morgan fingerprint density at radius 2 is 1.44 bits per heavy atom. The number of fused-ring (bicyclic) bond motifs is 1. The second kappa shape index (κ2) is 10.7. The summed E-state index contributed by atoms with van der Waals surface area (Å²) in [6.07, 6.45) is 3.14. The molecular formula is C29H26N4O6. The van der Waals surface area contributed by atoms with Crippen molar-refractivity contribution in [3.05, 3.63) is 72.9 Å². The third-order valence-corrected chi connectivity index (χ3v) is 6.54. The van der Waals surface area contributed by atoms with Crippen molar-refractivity contribution in [2.45, 2.75) is 12.8 Å². The predicted molar refractivity (Wildman–Crippen MR) is 146 cm³/mol. The second-order valence-corrected chi connectivity index (χ2v) is 8.99. The highest BCUT2D eigenvalue weighted by molar-refractivity contribution is 6.16. The van der Waals surface area contributed by atoms with Crippen LogP contribution in [0.15, 0.2) is 72.9 Å². The van der Waals surface area contributed by atoms with Gasteiger partial charge in [0.15, 0.2) is 0 Å². The Kier molecular flexibility index (Phi) is 7.00. The highest BCUT2D eigenvalue weighted by Crippen LogP contribution is 2.47. The zero-order chi connectivity index (χ0) is 27.4. The topological polar surface area (TPSA) is 128 Å². The summed E-state index contributed by atoms with van der Waals surface area (Å²) < 4.78 is 16.5. The largest absolute Gasteiger partial charge is 0.497 e. The maximum absolute atomic E-state index is 13.0. The molecule has 1 saturated carbocycles. The molecule has 1 aliphatic rings. The van der Waals surface area contributed by atoms with E-state index in [0.717, 1.165) is 0 Å². The zero-order valence-electron chi connectivity index (χ0n) is 21.3. The number of nitrogens with one attached hydrogen (secondary N) is 3. The molecular weight excluding hydrogens is 500 g/mol. The zero-order valence-corrected chi connectivity index (χ0v) is 21.3. The van der Waals surface area contributed by atoms with Gasteiger partial charge in [0.1, 0.15) is 28.4 Å². The van der Waals surface area contributed by atoms with Gasteiger partial charge in [-0.05, 0) is 73.5 Å². The normalized spacial score (nSPS) is 13.2. The van der Waals surface area contributed by atoms with Gasteiger partial charge in [0, 0.05) is 29.0 Å². The summed E-state index contributed by atoms with van der Waals surface area (Å²) in [6.45, 7) is 0. The quantitative estimate of drug-likeness (QED) is 0.197. The number of hydrogen-bond acceptors (Lipinski definition) is 7. The maximum Gasteiger partial charge on any atom is 0.240 e. The number of pyridine rings is 1. The number of rotatable bonds is 10. The molecule has 1 aliphatic carbocycles. The van der Waals surface area contributed by atoms with Gasteiger partial charge in [0.2, 0.25) is 18.2 Å². The number of carbonyl (C=O) groups excluding carboxylic acids is 3. The van der Waals surface area contributed by atoms with E-state index in [1.54, 1.807) is 80.0 Å². The van der Waals surface area contributed by atoms with E-state index in [0.29, 0.717) is 70.2 Å². The van der Waals surface area contributed by atoms with Crippen LogP contribution in [-0.4, -0.2) is 37.4 Å². The molecule has 0 saturated heterocycles. The second-order valence-electron chi connectivity index (χ2n) is 8.99. The van der Waals surface area contributed by atoms with Crippen LogP contribution < -0.4 is 30.2 Å². The lowest BCUT2D eigenvalue weighted by molar-refractivity contribution is -0.131. The minimum absolute atomic E-state index is 0.338. The number of nitrogens with zero attached hydrogens (tertiary/aromatic N) is 1. The molecule has 0 aliphatic heterocycles. The highest BCUT2D eigenvalue weighted by atomic mass is 16.5. The summed E-state index contributed by atoms with van der Waals surface area (Å²) in [4.78, 5) is 41.3. The first-order chi connectivity index (χ1) is 19.0. The standard InChI is InChI=1S/C29H26N4O6/c1-37-20-7-3-18(4-8-20)32-27(35)29(12-13-29)28(36)33-19-5-9-21(10-6-19)39-25-11-14-30-23-16-26(38-2)24(31-17-34)15-22(23)25/h3-11,14-17H,12-13H2,1-2H3,(H,31,34)(H,32,35)(H,33,36). The summed E-state index contributed by atoms with van der Waals surface area (Å²) in [5.74, 6) is 1.52. The van der Waals surface area contributed by atoms with Crippen molar-refractivity contribution in [2.24, 2.45) is 5.41 Å². The van der Waals surface area contributed by atoms with Crippen LogP contribution in [0.25, 0.3) is 10.9 Å². The van der Waals surface area contributed by atoms with Crippen LogP contribution in [0.5, 0.6) is 23.0 Å². The number of aromatic nitrogens is 1. The van der Waals surface area contributed by atoms with Gasteiger partial charge in [-0.2, -0.15) is 0 Å². The molecule has 3 N–H and O–H groups in total. The van der Waals surface area contributed by atoms with Gasteiger partial charge in [-0.3, -0.25) is 19.4 Å². The smallest absolute Gasteiger partial charge is 0.240 e. The van der Waals surface area contributed by atoms with E-state index >= 15 is 0 Å². The van der Waals surface area contributed by atoms with Crippen molar-refractivity contribution in [3.63, 3.8) is 0 Å². The Balaban J connectivity index is 1.26. The fourth-order valence-electron chi connectivity index (χ4n) is 4.17. The summed E-state index contributed by atoms with van der Waals surface area (Å²) in [5.41, 5.74) is 1.16. The third-order valence-electron chi connectivity index (χ3n) is 6.54. The fourth-order valence-corrected chi connectivity index (χ4v) is 4.17. The average molecular weight is 527 g/mol. The van der Waals surface area contributed by atoms with Crippen molar-refractivity contribution in [3.8, 4) is 23.0 Å². The summed E-state index contributed by atoms with van der Waals surface area (Å²) >= 11 is 0.